The minimum Gasteiger partial charge on any atom is -0.493 e. The molecule has 0 radical (unpaired) electrons. The first kappa shape index (κ1) is 13.7. The van der Waals surface area contributed by atoms with E-state index in [1.165, 1.54) is 11.1 Å². The first-order valence-corrected chi connectivity index (χ1v) is 7.70. The quantitative estimate of drug-likeness (QED) is 0.911. The van der Waals surface area contributed by atoms with Crippen LogP contribution >= 0.6 is 15.9 Å². The summed E-state index contributed by atoms with van der Waals surface area (Å²) in [6, 6.07) is 14.6. The molecule has 0 bridgehead atoms. The first-order chi connectivity index (χ1) is 9.65. The van der Waals surface area contributed by atoms with Crippen LogP contribution in [0, 0.1) is 0 Å². The highest BCUT2D eigenvalue weighted by Gasteiger charge is 2.26. The smallest absolute Gasteiger partial charge is 0.125 e. The van der Waals surface area contributed by atoms with E-state index in [2.05, 4.69) is 40.2 Å². The van der Waals surface area contributed by atoms with E-state index in [-0.39, 0.29) is 6.04 Å². The van der Waals surface area contributed by atoms with Crippen molar-refractivity contribution in [3.8, 4) is 5.75 Å². The lowest BCUT2D eigenvalue weighted by molar-refractivity contribution is 0.271. The van der Waals surface area contributed by atoms with Crippen LogP contribution in [0.4, 0.5) is 0 Å². The van der Waals surface area contributed by atoms with Crippen LogP contribution in [0.25, 0.3) is 0 Å². The van der Waals surface area contributed by atoms with Crippen molar-refractivity contribution in [1.82, 2.24) is 0 Å². The zero-order valence-corrected chi connectivity index (χ0v) is 13.1. The van der Waals surface area contributed by atoms with E-state index >= 15 is 0 Å². The maximum absolute atomic E-state index is 6.03. The van der Waals surface area contributed by atoms with Crippen LogP contribution in [0.15, 0.2) is 46.9 Å². The summed E-state index contributed by atoms with van der Waals surface area (Å²) in [5.41, 5.74) is 9.92. The number of rotatable bonds is 4. The number of hydrogen-bond acceptors (Lipinski definition) is 2. The zero-order valence-electron chi connectivity index (χ0n) is 11.5. The van der Waals surface area contributed by atoms with Crippen molar-refractivity contribution in [2.45, 2.75) is 25.3 Å². The van der Waals surface area contributed by atoms with Gasteiger partial charge in [0.05, 0.1) is 6.61 Å². The fourth-order valence-electron chi connectivity index (χ4n) is 2.71. The van der Waals surface area contributed by atoms with Gasteiger partial charge in [-0.25, -0.2) is 0 Å². The third kappa shape index (κ3) is 2.60. The largest absolute Gasteiger partial charge is 0.493 e. The van der Waals surface area contributed by atoms with E-state index in [1.54, 1.807) is 0 Å². The molecule has 1 aliphatic rings. The Bertz CT molecular complexity index is 624. The Morgan fingerprint density at radius 3 is 2.85 bits per heavy atom. The van der Waals surface area contributed by atoms with E-state index in [4.69, 9.17) is 10.5 Å². The molecule has 3 rings (SSSR count). The lowest BCUT2D eigenvalue weighted by atomic mass is 9.78. The second-order valence-electron chi connectivity index (χ2n) is 5.38. The van der Waals surface area contributed by atoms with E-state index in [0.717, 1.165) is 22.2 Å². The lowest BCUT2D eigenvalue weighted by Gasteiger charge is -2.30. The first-order valence-electron chi connectivity index (χ1n) is 6.91. The van der Waals surface area contributed by atoms with Gasteiger partial charge in [0.1, 0.15) is 5.75 Å². The van der Waals surface area contributed by atoms with Gasteiger partial charge in [-0.05, 0) is 36.6 Å². The normalized spacial score (nSPS) is 18.1. The van der Waals surface area contributed by atoms with Gasteiger partial charge in [-0.2, -0.15) is 0 Å². The maximum Gasteiger partial charge on any atom is 0.125 e. The van der Waals surface area contributed by atoms with Crippen molar-refractivity contribution >= 4 is 15.9 Å². The van der Waals surface area contributed by atoms with Gasteiger partial charge >= 0.3 is 0 Å². The number of benzene rings is 2. The molecule has 0 spiro atoms. The molecule has 20 heavy (non-hydrogen) atoms. The molecule has 3 heteroatoms. The molecule has 0 fully saturated rings. The van der Waals surface area contributed by atoms with Crippen molar-refractivity contribution in [2.24, 2.45) is 5.73 Å². The number of ether oxygens (including phenoxy) is 1. The monoisotopic (exact) mass is 331 g/mol. The summed E-state index contributed by atoms with van der Waals surface area (Å²) in [5.74, 6) is 1.39. The van der Waals surface area contributed by atoms with Crippen molar-refractivity contribution in [3.63, 3.8) is 0 Å². The zero-order chi connectivity index (χ0) is 14.1. The lowest BCUT2D eigenvalue weighted by Crippen LogP contribution is -2.23. The molecule has 2 aromatic rings. The summed E-state index contributed by atoms with van der Waals surface area (Å²) < 4.78 is 7.05. The molecule has 0 saturated heterocycles. The Labute approximate surface area is 128 Å². The van der Waals surface area contributed by atoms with Crippen molar-refractivity contribution in [3.05, 3.63) is 63.6 Å². The summed E-state index contributed by atoms with van der Waals surface area (Å²) in [6.45, 7) is 2.70. The van der Waals surface area contributed by atoms with E-state index in [1.807, 2.05) is 25.1 Å². The minimum absolute atomic E-state index is 0.0215. The highest BCUT2D eigenvalue weighted by Crippen LogP contribution is 2.36. The van der Waals surface area contributed by atoms with Crippen LogP contribution < -0.4 is 10.5 Å². The maximum atomic E-state index is 6.03. The van der Waals surface area contributed by atoms with Gasteiger partial charge < -0.3 is 10.5 Å². The van der Waals surface area contributed by atoms with Crippen molar-refractivity contribution in [2.75, 3.05) is 6.61 Å². The molecule has 1 aliphatic carbocycles. The molecule has 0 aliphatic heterocycles. The SMILES string of the molecule is C[C@@H](N)c1ccc(Br)cc1OCC1Cc2ccccc21. The van der Waals surface area contributed by atoms with Gasteiger partial charge in [0.2, 0.25) is 0 Å². The summed E-state index contributed by atoms with van der Waals surface area (Å²) in [5, 5.41) is 0. The predicted molar refractivity (Wildman–Crippen MR) is 85.1 cm³/mol. The predicted octanol–water partition coefficient (Wildman–Crippen LogP) is 4.19. The Kier molecular flexibility index (Phi) is 3.81. The number of fused-ring (bicyclic) bond motifs is 1. The highest BCUT2D eigenvalue weighted by atomic mass is 79.9. The van der Waals surface area contributed by atoms with E-state index in [9.17, 15) is 0 Å². The van der Waals surface area contributed by atoms with Crippen LogP contribution in [0.1, 0.15) is 35.6 Å². The van der Waals surface area contributed by atoms with Crippen LogP contribution in [0.2, 0.25) is 0 Å². The summed E-state index contributed by atoms with van der Waals surface area (Å²) in [7, 11) is 0. The minimum atomic E-state index is -0.0215. The number of halogens is 1. The molecule has 0 saturated carbocycles. The molecule has 0 amide bonds. The standard InChI is InChI=1S/C17H18BrNO/c1-11(19)15-7-6-14(18)9-17(15)20-10-13-8-12-4-2-3-5-16(12)13/h2-7,9,11,13H,8,10,19H2,1H3/t11-,13?/m1/s1. The Morgan fingerprint density at radius 1 is 1.30 bits per heavy atom. The summed E-state index contributed by atoms with van der Waals surface area (Å²) in [6.07, 6.45) is 1.11. The van der Waals surface area contributed by atoms with Crippen LogP contribution in [-0.4, -0.2) is 6.61 Å². The van der Waals surface area contributed by atoms with Gasteiger partial charge in [-0.3, -0.25) is 0 Å². The molecule has 1 unspecified atom stereocenters. The Morgan fingerprint density at radius 2 is 2.10 bits per heavy atom. The summed E-state index contributed by atoms with van der Waals surface area (Å²) >= 11 is 3.49. The van der Waals surface area contributed by atoms with Crippen LogP contribution in [0.5, 0.6) is 5.75 Å². The Balaban J connectivity index is 1.72. The topological polar surface area (TPSA) is 35.2 Å². The molecular weight excluding hydrogens is 314 g/mol. The fraction of sp³-hybridized carbons (Fsp3) is 0.294. The second-order valence-corrected chi connectivity index (χ2v) is 6.30. The Hall–Kier alpha value is -1.32. The average molecular weight is 332 g/mol. The third-order valence-corrected chi connectivity index (χ3v) is 4.36. The molecule has 2 atom stereocenters. The molecule has 2 aromatic carbocycles. The van der Waals surface area contributed by atoms with Crippen molar-refractivity contribution in [1.29, 1.82) is 0 Å². The molecule has 2 nitrogen and oxygen atoms in total. The van der Waals surface area contributed by atoms with Crippen molar-refractivity contribution < 1.29 is 4.74 Å². The average Bonchev–Trinajstić information content (AvgIpc) is 2.39. The third-order valence-electron chi connectivity index (χ3n) is 3.87. The van der Waals surface area contributed by atoms with Gasteiger partial charge in [-0.15, -0.1) is 0 Å². The van der Waals surface area contributed by atoms with E-state index < -0.39 is 0 Å². The molecule has 0 aromatic heterocycles. The molecule has 0 heterocycles. The highest BCUT2D eigenvalue weighted by molar-refractivity contribution is 9.10. The molecular formula is C17H18BrNO. The summed E-state index contributed by atoms with van der Waals surface area (Å²) in [4.78, 5) is 0. The molecule has 2 N–H and O–H groups in total. The second kappa shape index (κ2) is 5.58. The van der Waals surface area contributed by atoms with E-state index in [0.29, 0.717) is 12.5 Å². The molecule has 104 valence electrons. The fourth-order valence-corrected chi connectivity index (χ4v) is 3.05. The van der Waals surface area contributed by atoms with Gasteiger partial charge in [0.15, 0.2) is 0 Å². The number of nitrogens with two attached hydrogens (primary N) is 1. The van der Waals surface area contributed by atoms with Crippen LogP contribution in [-0.2, 0) is 6.42 Å². The van der Waals surface area contributed by atoms with Gasteiger partial charge in [-0.1, -0.05) is 46.3 Å². The number of hydrogen-bond donors (Lipinski definition) is 1. The van der Waals surface area contributed by atoms with Gasteiger partial charge in [0, 0.05) is 22.0 Å². The van der Waals surface area contributed by atoms with Crippen LogP contribution in [0.3, 0.4) is 0 Å². The van der Waals surface area contributed by atoms with Gasteiger partial charge in [0.25, 0.3) is 0 Å².